The van der Waals surface area contributed by atoms with Crippen molar-refractivity contribution in [3.05, 3.63) is 35.7 Å². The molecule has 1 aliphatic heterocycles. The molecule has 1 N–H and O–H groups in total. The van der Waals surface area contributed by atoms with Crippen LogP contribution in [0, 0.1) is 0 Å². The Morgan fingerprint density at radius 2 is 2.33 bits per heavy atom. The summed E-state index contributed by atoms with van der Waals surface area (Å²) in [5, 5.41) is 7.42. The fourth-order valence-corrected chi connectivity index (χ4v) is 4.44. The lowest BCUT2D eigenvalue weighted by atomic mass is 9.77. The molecule has 2 aromatic rings. The second kappa shape index (κ2) is 6.07. The molecule has 1 fully saturated rings. The van der Waals surface area contributed by atoms with Crippen LogP contribution in [0.1, 0.15) is 49.7 Å². The molecule has 1 saturated heterocycles. The number of aromatic amines is 1. The van der Waals surface area contributed by atoms with E-state index < -0.39 is 0 Å². The van der Waals surface area contributed by atoms with Crippen molar-refractivity contribution in [1.29, 1.82) is 0 Å². The molecule has 1 spiro atoms. The number of hydrogen-bond donors (Lipinski definition) is 1. The van der Waals surface area contributed by atoms with E-state index in [0.29, 0.717) is 6.42 Å². The number of fused-ring (bicyclic) bond motifs is 2. The number of imidazole rings is 1. The number of piperidine rings is 1. The van der Waals surface area contributed by atoms with Crippen LogP contribution < -0.4 is 0 Å². The summed E-state index contributed by atoms with van der Waals surface area (Å²) in [5.74, 6) is 1.31. The van der Waals surface area contributed by atoms with Crippen molar-refractivity contribution in [1.82, 2.24) is 24.6 Å². The Hall–Kier alpha value is -2.11. The van der Waals surface area contributed by atoms with Gasteiger partial charge in [-0.2, -0.15) is 5.10 Å². The second-order valence-corrected chi connectivity index (χ2v) is 7.11. The molecule has 2 aromatic heterocycles. The highest BCUT2D eigenvalue weighted by Gasteiger charge is 2.44. The Morgan fingerprint density at radius 1 is 1.42 bits per heavy atom. The van der Waals surface area contributed by atoms with Crippen LogP contribution in [0.4, 0.5) is 0 Å². The predicted octanol–water partition coefficient (Wildman–Crippen LogP) is 2.07. The van der Waals surface area contributed by atoms with Crippen molar-refractivity contribution in [3.8, 4) is 0 Å². The van der Waals surface area contributed by atoms with Crippen LogP contribution in [-0.4, -0.2) is 43.6 Å². The molecule has 1 aliphatic carbocycles. The van der Waals surface area contributed by atoms with E-state index in [-0.39, 0.29) is 11.3 Å². The topological polar surface area (TPSA) is 66.8 Å². The zero-order valence-corrected chi connectivity index (χ0v) is 14.3. The SMILES string of the molecule is CCc1nccn1CCC(=O)N1CCCC2(CCc3cn[nH]c32)C1. The average Bonchev–Trinajstić information content (AvgIpc) is 3.31. The Bertz CT molecular complexity index is 733. The molecule has 3 heterocycles. The molecule has 1 unspecified atom stereocenters. The van der Waals surface area contributed by atoms with Crippen LogP contribution in [-0.2, 0) is 29.6 Å². The number of rotatable bonds is 4. The number of carbonyl (C=O) groups is 1. The molecule has 24 heavy (non-hydrogen) atoms. The minimum Gasteiger partial charge on any atom is -0.342 e. The molecule has 6 nitrogen and oxygen atoms in total. The van der Waals surface area contributed by atoms with Gasteiger partial charge < -0.3 is 9.47 Å². The first kappa shape index (κ1) is 15.4. The molecule has 0 radical (unpaired) electrons. The summed E-state index contributed by atoms with van der Waals surface area (Å²) in [6.07, 6.45) is 11.7. The Balaban J connectivity index is 1.42. The van der Waals surface area contributed by atoms with Crippen LogP contribution in [0.3, 0.4) is 0 Å². The van der Waals surface area contributed by atoms with Crippen LogP contribution in [0.5, 0.6) is 0 Å². The van der Waals surface area contributed by atoms with Crippen LogP contribution in [0.2, 0.25) is 0 Å². The molecular weight excluding hydrogens is 302 g/mol. The van der Waals surface area contributed by atoms with Crippen LogP contribution in [0.25, 0.3) is 0 Å². The summed E-state index contributed by atoms with van der Waals surface area (Å²) < 4.78 is 2.10. The van der Waals surface area contributed by atoms with E-state index in [4.69, 9.17) is 0 Å². The molecule has 128 valence electrons. The van der Waals surface area contributed by atoms with E-state index in [0.717, 1.165) is 57.6 Å². The maximum atomic E-state index is 12.7. The summed E-state index contributed by atoms with van der Waals surface area (Å²) in [6, 6.07) is 0. The molecule has 4 rings (SSSR count). The third-order valence-corrected chi connectivity index (χ3v) is 5.74. The summed E-state index contributed by atoms with van der Waals surface area (Å²) in [4.78, 5) is 19.2. The van der Waals surface area contributed by atoms with E-state index >= 15 is 0 Å². The molecule has 6 heteroatoms. The standard InChI is InChI=1S/C18H25N5O/c1-2-15-19-8-11-22(15)10-5-16(24)23-9-3-6-18(13-23)7-4-14-12-20-21-17(14)18/h8,11-12H,2-7,9-10,13H2,1H3,(H,20,21). The lowest BCUT2D eigenvalue weighted by molar-refractivity contribution is -0.133. The highest BCUT2D eigenvalue weighted by molar-refractivity contribution is 5.76. The largest absolute Gasteiger partial charge is 0.342 e. The number of carbonyl (C=O) groups excluding carboxylic acids is 1. The van der Waals surface area contributed by atoms with Gasteiger partial charge in [0.2, 0.25) is 5.91 Å². The van der Waals surface area contributed by atoms with Gasteiger partial charge in [-0.1, -0.05) is 6.92 Å². The molecule has 1 amide bonds. The number of aromatic nitrogens is 4. The molecule has 0 saturated carbocycles. The van der Waals surface area contributed by atoms with Crippen molar-refractivity contribution in [2.45, 2.75) is 57.4 Å². The molecular formula is C18H25N5O. The van der Waals surface area contributed by atoms with Gasteiger partial charge in [0.15, 0.2) is 0 Å². The van der Waals surface area contributed by atoms with E-state index in [1.807, 2.05) is 18.6 Å². The smallest absolute Gasteiger partial charge is 0.224 e. The van der Waals surface area contributed by atoms with E-state index in [1.165, 1.54) is 11.3 Å². The Morgan fingerprint density at radius 3 is 3.21 bits per heavy atom. The summed E-state index contributed by atoms with van der Waals surface area (Å²) in [6.45, 7) is 4.54. The highest BCUT2D eigenvalue weighted by Crippen LogP contribution is 2.43. The van der Waals surface area contributed by atoms with Crippen molar-refractivity contribution >= 4 is 5.91 Å². The predicted molar refractivity (Wildman–Crippen MR) is 90.6 cm³/mol. The molecule has 0 aromatic carbocycles. The third kappa shape index (κ3) is 2.54. The second-order valence-electron chi connectivity index (χ2n) is 7.11. The van der Waals surface area contributed by atoms with Gasteiger partial charge in [0.25, 0.3) is 0 Å². The van der Waals surface area contributed by atoms with Gasteiger partial charge in [0.1, 0.15) is 5.82 Å². The highest BCUT2D eigenvalue weighted by atomic mass is 16.2. The number of hydrogen-bond acceptors (Lipinski definition) is 3. The van der Waals surface area contributed by atoms with Crippen LogP contribution in [0.15, 0.2) is 18.6 Å². The molecule has 2 aliphatic rings. The van der Waals surface area contributed by atoms with E-state index in [9.17, 15) is 4.79 Å². The average molecular weight is 327 g/mol. The Labute approximate surface area is 142 Å². The zero-order chi connectivity index (χ0) is 16.6. The number of nitrogens with one attached hydrogen (secondary N) is 1. The third-order valence-electron chi connectivity index (χ3n) is 5.74. The summed E-state index contributed by atoms with van der Waals surface area (Å²) in [5.41, 5.74) is 2.74. The minimum absolute atomic E-state index is 0.114. The van der Waals surface area contributed by atoms with Gasteiger partial charge in [-0.15, -0.1) is 0 Å². The first-order chi connectivity index (χ1) is 11.7. The number of H-pyrrole nitrogens is 1. The number of likely N-dealkylation sites (tertiary alicyclic amines) is 1. The normalized spacial score (nSPS) is 23.0. The Kier molecular flexibility index (Phi) is 3.90. The quantitative estimate of drug-likeness (QED) is 0.935. The monoisotopic (exact) mass is 327 g/mol. The first-order valence-corrected chi connectivity index (χ1v) is 9.02. The van der Waals surface area contributed by atoms with Crippen molar-refractivity contribution < 1.29 is 4.79 Å². The van der Waals surface area contributed by atoms with Crippen molar-refractivity contribution in [3.63, 3.8) is 0 Å². The van der Waals surface area contributed by atoms with Gasteiger partial charge in [-0.05, 0) is 31.2 Å². The first-order valence-electron chi connectivity index (χ1n) is 9.02. The fraction of sp³-hybridized carbons (Fsp3) is 0.611. The van der Waals surface area contributed by atoms with Crippen molar-refractivity contribution in [2.24, 2.45) is 0 Å². The van der Waals surface area contributed by atoms with Gasteiger partial charge in [-0.3, -0.25) is 9.89 Å². The molecule has 1 atom stereocenters. The minimum atomic E-state index is 0.114. The lowest BCUT2D eigenvalue weighted by Crippen LogP contribution is -2.48. The van der Waals surface area contributed by atoms with Gasteiger partial charge >= 0.3 is 0 Å². The maximum Gasteiger partial charge on any atom is 0.224 e. The van der Waals surface area contributed by atoms with E-state index in [1.54, 1.807) is 0 Å². The van der Waals surface area contributed by atoms with E-state index in [2.05, 4.69) is 31.6 Å². The fourth-order valence-electron chi connectivity index (χ4n) is 4.44. The number of amides is 1. The van der Waals surface area contributed by atoms with Crippen LogP contribution >= 0.6 is 0 Å². The van der Waals surface area contributed by atoms with Crippen molar-refractivity contribution in [2.75, 3.05) is 13.1 Å². The number of nitrogens with zero attached hydrogens (tertiary/aromatic N) is 4. The summed E-state index contributed by atoms with van der Waals surface area (Å²) >= 11 is 0. The summed E-state index contributed by atoms with van der Waals surface area (Å²) in [7, 11) is 0. The zero-order valence-electron chi connectivity index (χ0n) is 14.3. The maximum absolute atomic E-state index is 12.7. The van der Waals surface area contributed by atoms with Gasteiger partial charge in [0.05, 0.1) is 6.20 Å². The van der Waals surface area contributed by atoms with Gasteiger partial charge in [0, 0.05) is 56.0 Å². The van der Waals surface area contributed by atoms with Gasteiger partial charge in [-0.25, -0.2) is 4.98 Å². The lowest BCUT2D eigenvalue weighted by Gasteiger charge is -2.40. The number of aryl methyl sites for hydroxylation is 3. The molecule has 0 bridgehead atoms.